The summed E-state index contributed by atoms with van der Waals surface area (Å²) in [5.41, 5.74) is 8.51. The van der Waals surface area contributed by atoms with E-state index in [9.17, 15) is 9.90 Å². The fourth-order valence-corrected chi connectivity index (χ4v) is 5.05. The first-order chi connectivity index (χ1) is 17.4. The van der Waals surface area contributed by atoms with Gasteiger partial charge < -0.3 is 25.5 Å². The fourth-order valence-electron chi connectivity index (χ4n) is 5.05. The van der Waals surface area contributed by atoms with Crippen LogP contribution in [0.3, 0.4) is 0 Å². The summed E-state index contributed by atoms with van der Waals surface area (Å²) in [7, 11) is 0. The molecule has 1 aromatic carbocycles. The molecule has 1 saturated carbocycles. The highest BCUT2D eigenvalue weighted by molar-refractivity contribution is 5.99. The number of aromatic nitrogens is 4. The van der Waals surface area contributed by atoms with E-state index in [2.05, 4.69) is 20.3 Å². The Balaban J connectivity index is 1.39. The zero-order valence-electron chi connectivity index (χ0n) is 19.5. The molecule has 0 atom stereocenters. The van der Waals surface area contributed by atoms with Gasteiger partial charge in [-0.2, -0.15) is 0 Å². The minimum atomic E-state index is -1.09. The fraction of sp³-hybridized carbons (Fsp3) is 0.280. The summed E-state index contributed by atoms with van der Waals surface area (Å²) < 4.78 is 23.0. The number of nitrogen functional groups attached to an aromatic ring is 1. The number of nitrogens with one attached hydrogen (secondary N) is 1. The highest BCUT2D eigenvalue weighted by atomic mass is 19.1. The lowest BCUT2D eigenvalue weighted by Gasteiger charge is -2.41. The molecular weight excluding hydrogens is 465 g/mol. The Kier molecular flexibility index (Phi) is 5.13. The van der Waals surface area contributed by atoms with Crippen LogP contribution in [0.15, 0.2) is 43.2 Å². The van der Waals surface area contributed by atoms with Gasteiger partial charge in [-0.05, 0) is 42.8 Å². The van der Waals surface area contributed by atoms with E-state index < -0.39 is 11.9 Å². The van der Waals surface area contributed by atoms with Crippen molar-refractivity contribution in [3.05, 3.63) is 54.6 Å². The number of carboxylic acid groups (broad SMARTS) is 1. The summed E-state index contributed by atoms with van der Waals surface area (Å²) in [6.07, 6.45) is 8.52. The molecule has 0 unspecified atom stereocenters. The molecule has 1 fully saturated rings. The molecule has 0 bridgehead atoms. The van der Waals surface area contributed by atoms with E-state index in [-0.39, 0.29) is 29.2 Å². The lowest BCUT2D eigenvalue weighted by molar-refractivity contribution is 0.183. The van der Waals surface area contributed by atoms with Gasteiger partial charge in [0, 0.05) is 59.9 Å². The van der Waals surface area contributed by atoms with Crippen molar-refractivity contribution in [1.82, 2.24) is 19.5 Å². The molecule has 4 N–H and O–H groups in total. The van der Waals surface area contributed by atoms with Gasteiger partial charge in [-0.1, -0.05) is 0 Å². The van der Waals surface area contributed by atoms with Crippen LogP contribution in [-0.2, 0) is 0 Å². The molecule has 1 amide bonds. The van der Waals surface area contributed by atoms with Crippen molar-refractivity contribution >= 4 is 34.1 Å². The standard InChI is InChI=1S/C25H24FN7O3/c1-13-18(10-31-24-23(13)29-3-5-36-24)17-6-14-7-20(30-11-19(14)22(27)21(17)26)33(25(34)35)16-8-15(9-16)32-4-2-28-12-32/h2,4,6-7,10-12,15-16,29H,3,5,8-9,27H2,1H3,(H,34,35)/t15-,16-. The van der Waals surface area contributed by atoms with Crippen LogP contribution in [-0.4, -0.2) is 49.9 Å². The predicted molar refractivity (Wildman–Crippen MR) is 133 cm³/mol. The molecule has 184 valence electrons. The molecule has 4 aromatic rings. The predicted octanol–water partition coefficient (Wildman–Crippen LogP) is 4.22. The quantitative estimate of drug-likeness (QED) is 0.363. The first-order valence-corrected chi connectivity index (χ1v) is 11.7. The Morgan fingerprint density at radius 1 is 1.28 bits per heavy atom. The monoisotopic (exact) mass is 489 g/mol. The second-order valence-electron chi connectivity index (χ2n) is 9.11. The number of anilines is 3. The average molecular weight is 490 g/mol. The van der Waals surface area contributed by atoms with Crippen molar-refractivity contribution < 1.29 is 19.0 Å². The van der Waals surface area contributed by atoms with Crippen LogP contribution in [0, 0.1) is 12.7 Å². The number of carbonyl (C=O) groups is 1. The van der Waals surface area contributed by atoms with Gasteiger partial charge in [0.05, 0.1) is 12.0 Å². The number of nitrogens with zero attached hydrogens (tertiary/aromatic N) is 5. The second kappa shape index (κ2) is 8.36. The maximum Gasteiger partial charge on any atom is 0.413 e. The largest absolute Gasteiger partial charge is 0.474 e. The Bertz CT molecular complexity index is 1490. The van der Waals surface area contributed by atoms with E-state index in [0.29, 0.717) is 48.2 Å². The first-order valence-electron chi connectivity index (χ1n) is 11.7. The normalized spacial score (nSPS) is 18.6. The van der Waals surface area contributed by atoms with Crippen LogP contribution in [0.2, 0.25) is 0 Å². The van der Waals surface area contributed by atoms with Gasteiger partial charge in [0.25, 0.3) is 0 Å². The van der Waals surface area contributed by atoms with E-state index in [0.717, 1.165) is 11.3 Å². The van der Waals surface area contributed by atoms with Crippen LogP contribution in [0.4, 0.5) is 26.4 Å². The van der Waals surface area contributed by atoms with E-state index >= 15 is 4.39 Å². The van der Waals surface area contributed by atoms with Crippen molar-refractivity contribution in [3.63, 3.8) is 0 Å². The average Bonchev–Trinajstić information content (AvgIpc) is 3.38. The minimum Gasteiger partial charge on any atom is -0.474 e. The number of nitrogens with two attached hydrogens (primary N) is 1. The number of amides is 1. The van der Waals surface area contributed by atoms with Gasteiger partial charge in [-0.25, -0.2) is 24.1 Å². The number of imidazole rings is 1. The van der Waals surface area contributed by atoms with Gasteiger partial charge >= 0.3 is 6.09 Å². The molecule has 10 nitrogen and oxygen atoms in total. The van der Waals surface area contributed by atoms with Gasteiger partial charge in [0.15, 0.2) is 5.82 Å². The Labute approximate surface area is 205 Å². The summed E-state index contributed by atoms with van der Waals surface area (Å²) in [5.74, 6) is 0.182. The maximum absolute atomic E-state index is 15.4. The van der Waals surface area contributed by atoms with E-state index in [4.69, 9.17) is 10.5 Å². The zero-order chi connectivity index (χ0) is 25.0. The molecule has 1 aliphatic heterocycles. The third-order valence-corrected chi connectivity index (χ3v) is 7.07. The van der Waals surface area contributed by atoms with E-state index in [1.54, 1.807) is 30.9 Å². The van der Waals surface area contributed by atoms with Crippen molar-refractivity contribution in [2.45, 2.75) is 31.8 Å². The van der Waals surface area contributed by atoms with Crippen molar-refractivity contribution in [3.8, 4) is 17.0 Å². The molecule has 1 aliphatic carbocycles. The van der Waals surface area contributed by atoms with Crippen molar-refractivity contribution in [2.24, 2.45) is 0 Å². The van der Waals surface area contributed by atoms with Crippen LogP contribution in [0.25, 0.3) is 21.9 Å². The van der Waals surface area contributed by atoms with E-state index in [1.807, 2.05) is 17.7 Å². The number of hydrogen-bond donors (Lipinski definition) is 3. The Morgan fingerprint density at radius 2 is 2.11 bits per heavy atom. The van der Waals surface area contributed by atoms with Crippen molar-refractivity contribution in [1.29, 1.82) is 0 Å². The highest BCUT2D eigenvalue weighted by Gasteiger charge is 2.38. The summed E-state index contributed by atoms with van der Waals surface area (Å²) in [5, 5.41) is 14.3. The molecular formula is C25H24FN7O3. The lowest BCUT2D eigenvalue weighted by Crippen LogP contribution is -2.48. The number of ether oxygens (including phenoxy) is 1. The highest BCUT2D eigenvalue weighted by Crippen LogP contribution is 2.41. The summed E-state index contributed by atoms with van der Waals surface area (Å²) in [4.78, 5) is 26.2. The molecule has 11 heteroatoms. The van der Waals surface area contributed by atoms with Crippen LogP contribution in [0.1, 0.15) is 24.4 Å². The molecule has 0 spiro atoms. The number of rotatable bonds is 4. The SMILES string of the molecule is Cc1c(-c2cc3cc(N(C(=O)O)[C@H]4C[C@H](n5ccnc5)C4)ncc3c(N)c2F)cnc2c1NCCO2. The number of hydrogen-bond acceptors (Lipinski definition) is 7. The topological polar surface area (TPSA) is 131 Å². The summed E-state index contributed by atoms with van der Waals surface area (Å²) in [6.45, 7) is 3.01. The first kappa shape index (κ1) is 22.1. The van der Waals surface area contributed by atoms with Gasteiger partial charge in [-0.15, -0.1) is 0 Å². The maximum atomic E-state index is 15.4. The Morgan fingerprint density at radius 3 is 2.86 bits per heavy atom. The third-order valence-electron chi connectivity index (χ3n) is 7.07. The van der Waals surface area contributed by atoms with Crippen LogP contribution in [0.5, 0.6) is 5.88 Å². The lowest BCUT2D eigenvalue weighted by atomic mass is 9.85. The Hall–Kier alpha value is -4.41. The van der Waals surface area contributed by atoms with E-state index in [1.165, 1.54) is 11.1 Å². The molecule has 0 saturated heterocycles. The molecule has 4 heterocycles. The molecule has 6 rings (SSSR count). The zero-order valence-corrected chi connectivity index (χ0v) is 19.5. The number of pyridine rings is 2. The number of fused-ring (bicyclic) bond motifs is 2. The van der Waals surface area contributed by atoms with Gasteiger partial charge in [0.2, 0.25) is 5.88 Å². The van der Waals surface area contributed by atoms with Gasteiger partial charge in [0.1, 0.15) is 18.1 Å². The molecule has 0 radical (unpaired) electrons. The smallest absolute Gasteiger partial charge is 0.413 e. The number of halogens is 1. The van der Waals surface area contributed by atoms with Gasteiger partial charge in [-0.3, -0.25) is 4.90 Å². The van der Waals surface area contributed by atoms with Crippen molar-refractivity contribution in [2.75, 3.05) is 29.1 Å². The second-order valence-corrected chi connectivity index (χ2v) is 9.11. The summed E-state index contributed by atoms with van der Waals surface area (Å²) >= 11 is 0. The summed E-state index contributed by atoms with van der Waals surface area (Å²) in [6, 6.07) is 3.28. The molecule has 36 heavy (non-hydrogen) atoms. The number of benzene rings is 1. The molecule has 3 aromatic heterocycles. The van der Waals surface area contributed by atoms with Crippen LogP contribution >= 0.6 is 0 Å². The minimum absolute atomic E-state index is 0.0476. The third kappa shape index (κ3) is 3.46. The van der Waals surface area contributed by atoms with Crippen LogP contribution < -0.4 is 20.7 Å². The molecule has 2 aliphatic rings.